The average molecular weight is 319 g/mol. The van der Waals surface area contributed by atoms with Crippen LogP contribution in [0.3, 0.4) is 0 Å². The lowest BCUT2D eigenvalue weighted by molar-refractivity contribution is 0.159. The topological polar surface area (TPSA) is 49.9 Å². The summed E-state index contributed by atoms with van der Waals surface area (Å²) < 4.78 is 29.9. The molecule has 20 heavy (non-hydrogen) atoms. The van der Waals surface area contributed by atoms with Crippen LogP contribution in [0.4, 0.5) is 0 Å². The summed E-state index contributed by atoms with van der Waals surface area (Å²) in [5.41, 5.74) is 0. The van der Waals surface area contributed by atoms with Crippen molar-refractivity contribution >= 4 is 21.6 Å². The first-order valence-electron chi connectivity index (χ1n) is 6.51. The molecule has 1 aromatic carbocycles. The number of sulfonamides is 1. The fraction of sp³-hybridized carbons (Fsp3) is 0.538. The van der Waals surface area contributed by atoms with Crippen LogP contribution in [0.2, 0.25) is 5.02 Å². The standard InChI is InChI=1S/C13H19ClN2O3S/c1-20(17,18)16-8-6-15(7-9-16)10-11-19-13-4-2-12(14)3-5-13/h2-5H,6-11H2,1H3. The molecule has 0 spiro atoms. The molecule has 1 heterocycles. The molecule has 0 saturated carbocycles. The third-order valence-corrected chi connectivity index (χ3v) is 4.85. The minimum atomic E-state index is -3.05. The van der Waals surface area contributed by atoms with Crippen molar-refractivity contribution in [2.75, 3.05) is 45.6 Å². The zero-order valence-corrected chi connectivity index (χ0v) is 13.0. The first-order chi connectivity index (χ1) is 9.45. The largest absolute Gasteiger partial charge is 0.492 e. The van der Waals surface area contributed by atoms with Crippen LogP contribution in [-0.4, -0.2) is 63.2 Å². The summed E-state index contributed by atoms with van der Waals surface area (Å²) in [6, 6.07) is 7.26. The van der Waals surface area contributed by atoms with Gasteiger partial charge in [-0.05, 0) is 24.3 Å². The van der Waals surface area contributed by atoms with Crippen molar-refractivity contribution in [1.82, 2.24) is 9.21 Å². The molecule has 2 rings (SSSR count). The molecule has 0 bridgehead atoms. The van der Waals surface area contributed by atoms with Crippen molar-refractivity contribution < 1.29 is 13.2 Å². The summed E-state index contributed by atoms with van der Waals surface area (Å²) in [5.74, 6) is 0.796. The molecule has 112 valence electrons. The van der Waals surface area contributed by atoms with Crippen molar-refractivity contribution in [3.63, 3.8) is 0 Å². The number of benzene rings is 1. The van der Waals surface area contributed by atoms with E-state index in [9.17, 15) is 8.42 Å². The zero-order chi connectivity index (χ0) is 14.6. The van der Waals surface area contributed by atoms with E-state index in [0.29, 0.717) is 24.7 Å². The summed E-state index contributed by atoms with van der Waals surface area (Å²) in [6.45, 7) is 3.98. The Hall–Kier alpha value is -0.820. The fourth-order valence-electron chi connectivity index (χ4n) is 2.11. The molecule has 5 nitrogen and oxygen atoms in total. The van der Waals surface area contributed by atoms with Gasteiger partial charge in [0.15, 0.2) is 0 Å². The van der Waals surface area contributed by atoms with Gasteiger partial charge in [-0.1, -0.05) is 11.6 Å². The van der Waals surface area contributed by atoms with Gasteiger partial charge in [-0.3, -0.25) is 4.90 Å². The number of hydrogen-bond acceptors (Lipinski definition) is 4. The molecule has 0 aliphatic carbocycles. The first-order valence-corrected chi connectivity index (χ1v) is 8.73. The average Bonchev–Trinajstić information content (AvgIpc) is 2.41. The van der Waals surface area contributed by atoms with E-state index in [4.69, 9.17) is 16.3 Å². The third kappa shape index (κ3) is 4.63. The molecule has 7 heteroatoms. The maximum atomic E-state index is 11.4. The minimum absolute atomic E-state index is 0.555. The van der Waals surface area contributed by atoms with Crippen LogP contribution in [0, 0.1) is 0 Å². The smallest absolute Gasteiger partial charge is 0.211 e. The van der Waals surface area contributed by atoms with Crippen LogP contribution in [0.25, 0.3) is 0 Å². The second-order valence-electron chi connectivity index (χ2n) is 4.81. The first kappa shape index (κ1) is 15.6. The van der Waals surface area contributed by atoms with E-state index >= 15 is 0 Å². The van der Waals surface area contributed by atoms with Crippen molar-refractivity contribution in [3.05, 3.63) is 29.3 Å². The summed E-state index contributed by atoms with van der Waals surface area (Å²) in [7, 11) is -3.05. The minimum Gasteiger partial charge on any atom is -0.492 e. The molecular formula is C13H19ClN2O3S. The van der Waals surface area contributed by atoms with Gasteiger partial charge in [0.25, 0.3) is 0 Å². The number of piperazine rings is 1. The fourth-order valence-corrected chi connectivity index (χ4v) is 3.06. The highest BCUT2D eigenvalue weighted by Gasteiger charge is 2.22. The Morgan fingerprint density at radius 2 is 1.75 bits per heavy atom. The number of nitrogens with zero attached hydrogens (tertiary/aromatic N) is 2. The van der Waals surface area contributed by atoms with E-state index in [0.717, 1.165) is 25.4 Å². The van der Waals surface area contributed by atoms with Crippen LogP contribution in [0.15, 0.2) is 24.3 Å². The van der Waals surface area contributed by atoms with Gasteiger partial charge >= 0.3 is 0 Å². The van der Waals surface area contributed by atoms with Gasteiger partial charge in [-0.15, -0.1) is 0 Å². The van der Waals surface area contributed by atoms with Crippen LogP contribution in [0.5, 0.6) is 5.75 Å². The van der Waals surface area contributed by atoms with Gasteiger partial charge in [-0.2, -0.15) is 4.31 Å². The van der Waals surface area contributed by atoms with E-state index in [-0.39, 0.29) is 0 Å². The maximum absolute atomic E-state index is 11.4. The van der Waals surface area contributed by atoms with Crippen molar-refractivity contribution in [2.24, 2.45) is 0 Å². The van der Waals surface area contributed by atoms with Crippen LogP contribution in [-0.2, 0) is 10.0 Å². The monoisotopic (exact) mass is 318 g/mol. The lowest BCUT2D eigenvalue weighted by Gasteiger charge is -2.33. The molecular weight excluding hydrogens is 300 g/mol. The Morgan fingerprint density at radius 1 is 1.15 bits per heavy atom. The highest BCUT2D eigenvalue weighted by atomic mass is 35.5. The van der Waals surface area contributed by atoms with Crippen molar-refractivity contribution in [3.8, 4) is 5.75 Å². The number of rotatable bonds is 5. The maximum Gasteiger partial charge on any atom is 0.211 e. The second kappa shape index (κ2) is 6.76. The van der Waals surface area contributed by atoms with Gasteiger partial charge in [0.1, 0.15) is 12.4 Å². The summed E-state index contributed by atoms with van der Waals surface area (Å²) >= 11 is 5.80. The van der Waals surface area contributed by atoms with Crippen LogP contribution in [0.1, 0.15) is 0 Å². The third-order valence-electron chi connectivity index (χ3n) is 3.29. The van der Waals surface area contributed by atoms with Crippen LogP contribution >= 0.6 is 11.6 Å². The van der Waals surface area contributed by atoms with E-state index in [1.807, 2.05) is 12.1 Å². The summed E-state index contributed by atoms with van der Waals surface area (Å²) in [5, 5.41) is 0.689. The summed E-state index contributed by atoms with van der Waals surface area (Å²) in [6.07, 6.45) is 1.26. The van der Waals surface area contributed by atoms with E-state index < -0.39 is 10.0 Å². The lowest BCUT2D eigenvalue weighted by atomic mass is 10.3. The van der Waals surface area contributed by atoms with Gasteiger partial charge in [0.2, 0.25) is 10.0 Å². The zero-order valence-electron chi connectivity index (χ0n) is 11.5. The van der Waals surface area contributed by atoms with E-state index in [2.05, 4.69) is 4.90 Å². The molecule has 0 N–H and O–H groups in total. The molecule has 1 aromatic rings. The molecule has 0 aromatic heterocycles. The molecule has 0 unspecified atom stereocenters. The van der Waals surface area contributed by atoms with Gasteiger partial charge in [0, 0.05) is 37.7 Å². The number of ether oxygens (including phenoxy) is 1. The Morgan fingerprint density at radius 3 is 2.30 bits per heavy atom. The molecule has 0 amide bonds. The highest BCUT2D eigenvalue weighted by molar-refractivity contribution is 7.88. The lowest BCUT2D eigenvalue weighted by Crippen LogP contribution is -2.49. The SMILES string of the molecule is CS(=O)(=O)N1CCN(CCOc2ccc(Cl)cc2)CC1. The van der Waals surface area contributed by atoms with E-state index in [1.165, 1.54) is 10.6 Å². The number of hydrogen-bond donors (Lipinski definition) is 0. The predicted octanol–water partition coefficient (Wildman–Crippen LogP) is 1.30. The molecule has 0 radical (unpaired) electrons. The number of halogens is 1. The normalized spacial score (nSPS) is 18.1. The van der Waals surface area contributed by atoms with Crippen molar-refractivity contribution in [1.29, 1.82) is 0 Å². The van der Waals surface area contributed by atoms with E-state index in [1.54, 1.807) is 12.1 Å². The highest BCUT2D eigenvalue weighted by Crippen LogP contribution is 2.15. The molecule has 0 atom stereocenters. The molecule has 1 aliphatic rings. The molecule has 1 aliphatic heterocycles. The molecule has 1 saturated heterocycles. The second-order valence-corrected chi connectivity index (χ2v) is 7.22. The van der Waals surface area contributed by atoms with Crippen molar-refractivity contribution in [2.45, 2.75) is 0 Å². The Labute approximate surface area is 125 Å². The quantitative estimate of drug-likeness (QED) is 0.821. The Bertz CT molecular complexity index is 525. The van der Waals surface area contributed by atoms with Crippen LogP contribution < -0.4 is 4.74 Å². The Balaban J connectivity index is 1.70. The van der Waals surface area contributed by atoms with Gasteiger partial charge < -0.3 is 4.74 Å². The predicted molar refractivity (Wildman–Crippen MR) is 79.8 cm³/mol. The van der Waals surface area contributed by atoms with Gasteiger partial charge in [0.05, 0.1) is 6.26 Å². The summed E-state index contributed by atoms with van der Waals surface area (Å²) in [4.78, 5) is 2.21. The van der Waals surface area contributed by atoms with Gasteiger partial charge in [-0.25, -0.2) is 8.42 Å². The Kier molecular flexibility index (Phi) is 5.26. The molecule has 1 fully saturated rings.